The van der Waals surface area contributed by atoms with Crippen molar-refractivity contribution in [2.24, 2.45) is 5.73 Å². The Morgan fingerprint density at radius 1 is 1.08 bits per heavy atom. The number of nitrogens with two attached hydrogens (primary N) is 1. The molecule has 0 heterocycles. The minimum Gasteiger partial charge on any atom is -0.493 e. The maximum atomic E-state index is 12.2. The molecule has 2 aromatic rings. The van der Waals surface area contributed by atoms with Crippen LogP contribution in [0.4, 0.5) is 0 Å². The predicted octanol–water partition coefficient (Wildman–Crippen LogP) is 1.85. The van der Waals surface area contributed by atoms with E-state index in [0.29, 0.717) is 17.9 Å². The van der Waals surface area contributed by atoms with Crippen LogP contribution in [0.1, 0.15) is 18.1 Å². The molecule has 0 saturated carbocycles. The lowest BCUT2D eigenvalue weighted by molar-refractivity contribution is -0.128. The van der Waals surface area contributed by atoms with Gasteiger partial charge in [0.25, 0.3) is 5.91 Å². The van der Waals surface area contributed by atoms with Crippen molar-refractivity contribution in [3.05, 3.63) is 59.7 Å². The van der Waals surface area contributed by atoms with Gasteiger partial charge in [0.15, 0.2) is 18.1 Å². The molecule has 138 valence electrons. The topological polar surface area (TPSA) is 90.6 Å². The van der Waals surface area contributed by atoms with Crippen molar-refractivity contribution >= 4 is 11.8 Å². The Bertz CT molecular complexity index is 747. The molecule has 6 heteroatoms. The molecule has 6 nitrogen and oxygen atoms in total. The quantitative estimate of drug-likeness (QED) is 0.717. The van der Waals surface area contributed by atoms with E-state index in [1.807, 2.05) is 49.4 Å². The molecule has 0 bridgehead atoms. The molecular weight excluding hydrogens is 332 g/mol. The van der Waals surface area contributed by atoms with Gasteiger partial charge in [-0.2, -0.15) is 0 Å². The lowest BCUT2D eigenvalue weighted by atomic mass is 10.1. The summed E-state index contributed by atoms with van der Waals surface area (Å²) < 4.78 is 10.8. The van der Waals surface area contributed by atoms with Crippen molar-refractivity contribution in [2.45, 2.75) is 25.8 Å². The largest absolute Gasteiger partial charge is 0.493 e. The predicted molar refractivity (Wildman–Crippen MR) is 99.1 cm³/mol. The van der Waals surface area contributed by atoms with Crippen LogP contribution < -0.4 is 20.5 Å². The van der Waals surface area contributed by atoms with E-state index in [0.717, 1.165) is 17.5 Å². The van der Waals surface area contributed by atoms with Gasteiger partial charge >= 0.3 is 0 Å². The average molecular weight is 356 g/mol. The van der Waals surface area contributed by atoms with Crippen LogP contribution in [-0.4, -0.2) is 31.6 Å². The molecule has 1 atom stereocenters. The molecule has 0 aliphatic carbocycles. The second-order valence-corrected chi connectivity index (χ2v) is 5.84. The number of nitrogens with one attached hydrogen (secondary N) is 1. The molecule has 3 N–H and O–H groups in total. The summed E-state index contributed by atoms with van der Waals surface area (Å²) in [5.41, 5.74) is 7.42. The Hall–Kier alpha value is -3.02. The fourth-order valence-electron chi connectivity index (χ4n) is 2.50. The van der Waals surface area contributed by atoms with Gasteiger partial charge in [-0.25, -0.2) is 0 Å². The number of benzene rings is 2. The summed E-state index contributed by atoms with van der Waals surface area (Å²) in [6.07, 6.45) is 1.20. The number of methoxy groups -OCH3 is 1. The molecule has 0 saturated heterocycles. The first-order valence-corrected chi connectivity index (χ1v) is 8.45. The van der Waals surface area contributed by atoms with Gasteiger partial charge in [0.1, 0.15) is 6.04 Å². The van der Waals surface area contributed by atoms with Gasteiger partial charge in [-0.15, -0.1) is 0 Å². The number of hydrogen-bond acceptors (Lipinski definition) is 4. The van der Waals surface area contributed by atoms with Crippen LogP contribution in [-0.2, 0) is 22.4 Å². The van der Waals surface area contributed by atoms with Crippen molar-refractivity contribution in [1.82, 2.24) is 5.32 Å². The second-order valence-electron chi connectivity index (χ2n) is 5.84. The zero-order valence-electron chi connectivity index (χ0n) is 15.0. The number of aryl methyl sites for hydroxylation is 1. The molecule has 2 aromatic carbocycles. The molecular formula is C20H24N2O4. The van der Waals surface area contributed by atoms with Crippen molar-refractivity contribution in [3.63, 3.8) is 0 Å². The average Bonchev–Trinajstić information content (AvgIpc) is 2.66. The Balaban J connectivity index is 1.95. The fourth-order valence-corrected chi connectivity index (χ4v) is 2.50. The number of ether oxygens (including phenoxy) is 2. The van der Waals surface area contributed by atoms with Crippen LogP contribution in [0.3, 0.4) is 0 Å². The van der Waals surface area contributed by atoms with Gasteiger partial charge < -0.3 is 20.5 Å². The number of amides is 2. The van der Waals surface area contributed by atoms with Gasteiger partial charge in [-0.1, -0.05) is 43.3 Å². The highest BCUT2D eigenvalue weighted by Gasteiger charge is 2.19. The van der Waals surface area contributed by atoms with Crippen LogP contribution in [0, 0.1) is 0 Å². The zero-order chi connectivity index (χ0) is 18.9. The van der Waals surface area contributed by atoms with Gasteiger partial charge in [0.2, 0.25) is 5.91 Å². The Kier molecular flexibility index (Phi) is 7.02. The number of hydrogen-bond donors (Lipinski definition) is 2. The Labute approximate surface area is 153 Å². The van der Waals surface area contributed by atoms with Gasteiger partial charge in [-0.3, -0.25) is 9.59 Å². The second kappa shape index (κ2) is 9.46. The standard InChI is InChI=1S/C20H24N2O4/c1-3-14-9-10-17(18(12-14)25-2)26-13-19(23)22-16(20(21)24)11-15-7-5-4-6-8-15/h4-10,12,16H,3,11,13H2,1-2H3,(H2,21,24)(H,22,23). The molecule has 2 rings (SSSR count). The van der Waals surface area contributed by atoms with E-state index in [2.05, 4.69) is 5.32 Å². The van der Waals surface area contributed by atoms with Gasteiger partial charge in [0, 0.05) is 6.42 Å². The summed E-state index contributed by atoms with van der Waals surface area (Å²) in [5, 5.41) is 2.62. The van der Waals surface area contributed by atoms with E-state index in [-0.39, 0.29) is 6.61 Å². The molecule has 0 fully saturated rings. The third-order valence-electron chi connectivity index (χ3n) is 3.96. The zero-order valence-corrected chi connectivity index (χ0v) is 15.0. The number of carbonyl (C=O) groups excluding carboxylic acids is 2. The van der Waals surface area contributed by atoms with E-state index < -0.39 is 17.9 Å². The Morgan fingerprint density at radius 3 is 2.42 bits per heavy atom. The minimum absolute atomic E-state index is 0.236. The Morgan fingerprint density at radius 2 is 1.81 bits per heavy atom. The van der Waals surface area contributed by atoms with E-state index in [1.54, 1.807) is 13.2 Å². The molecule has 0 aliphatic rings. The monoisotopic (exact) mass is 356 g/mol. The van der Waals surface area contributed by atoms with Crippen LogP contribution in [0.25, 0.3) is 0 Å². The fraction of sp³-hybridized carbons (Fsp3) is 0.300. The van der Waals surface area contributed by atoms with Crippen LogP contribution in [0.15, 0.2) is 48.5 Å². The third kappa shape index (κ3) is 5.51. The third-order valence-corrected chi connectivity index (χ3v) is 3.96. The van der Waals surface area contributed by atoms with E-state index in [4.69, 9.17) is 15.2 Å². The summed E-state index contributed by atoms with van der Waals surface area (Å²) in [4.78, 5) is 23.8. The minimum atomic E-state index is -0.794. The lowest BCUT2D eigenvalue weighted by Crippen LogP contribution is -2.47. The van der Waals surface area contributed by atoms with Crippen molar-refractivity contribution in [2.75, 3.05) is 13.7 Å². The SMILES string of the molecule is CCc1ccc(OCC(=O)NC(Cc2ccccc2)C(N)=O)c(OC)c1. The summed E-state index contributed by atoms with van der Waals surface area (Å²) in [6.45, 7) is 1.81. The summed E-state index contributed by atoms with van der Waals surface area (Å²) in [5.74, 6) is 0.0184. The van der Waals surface area contributed by atoms with E-state index in [9.17, 15) is 9.59 Å². The van der Waals surface area contributed by atoms with Crippen molar-refractivity contribution < 1.29 is 19.1 Å². The van der Waals surface area contributed by atoms with Crippen molar-refractivity contribution in [1.29, 1.82) is 0 Å². The first kappa shape index (κ1) is 19.3. The van der Waals surface area contributed by atoms with Crippen LogP contribution in [0.2, 0.25) is 0 Å². The van der Waals surface area contributed by atoms with Crippen LogP contribution >= 0.6 is 0 Å². The number of primary amides is 1. The van der Waals surface area contributed by atoms with Gasteiger partial charge in [-0.05, 0) is 29.7 Å². The molecule has 0 aliphatic heterocycles. The maximum Gasteiger partial charge on any atom is 0.258 e. The molecule has 0 aromatic heterocycles. The lowest BCUT2D eigenvalue weighted by Gasteiger charge is -2.16. The highest BCUT2D eigenvalue weighted by atomic mass is 16.5. The normalized spacial score (nSPS) is 11.5. The first-order valence-electron chi connectivity index (χ1n) is 8.45. The van der Waals surface area contributed by atoms with Crippen molar-refractivity contribution in [3.8, 4) is 11.5 Å². The molecule has 1 unspecified atom stereocenters. The summed E-state index contributed by atoms with van der Waals surface area (Å²) in [7, 11) is 1.55. The highest BCUT2D eigenvalue weighted by molar-refractivity contribution is 5.87. The first-order chi connectivity index (χ1) is 12.5. The number of carbonyl (C=O) groups is 2. The summed E-state index contributed by atoms with van der Waals surface area (Å²) >= 11 is 0. The summed E-state index contributed by atoms with van der Waals surface area (Å²) in [6, 6.07) is 14.1. The van der Waals surface area contributed by atoms with Gasteiger partial charge in [0.05, 0.1) is 7.11 Å². The molecule has 2 amide bonds. The highest BCUT2D eigenvalue weighted by Crippen LogP contribution is 2.28. The van der Waals surface area contributed by atoms with E-state index in [1.165, 1.54) is 0 Å². The molecule has 0 spiro atoms. The maximum absolute atomic E-state index is 12.2. The van der Waals surface area contributed by atoms with E-state index >= 15 is 0 Å². The molecule has 26 heavy (non-hydrogen) atoms. The number of rotatable bonds is 9. The van der Waals surface area contributed by atoms with Crippen LogP contribution in [0.5, 0.6) is 11.5 Å². The molecule has 0 radical (unpaired) electrons. The smallest absolute Gasteiger partial charge is 0.258 e.